The van der Waals surface area contributed by atoms with Gasteiger partial charge >= 0.3 is 15.7 Å². The highest BCUT2D eigenvalue weighted by Gasteiger charge is 2.37. The number of aromatic nitrogens is 2. The zero-order valence-corrected chi connectivity index (χ0v) is 17.0. The zero-order chi connectivity index (χ0) is 21.9. The van der Waals surface area contributed by atoms with E-state index in [-0.39, 0.29) is 0 Å². The number of hydrogen-bond donors (Lipinski definition) is 0. The molecular formula is C16H20F3N3O5S2. The van der Waals surface area contributed by atoms with Crippen molar-refractivity contribution < 1.29 is 39.1 Å². The van der Waals surface area contributed by atoms with Gasteiger partial charge in [-0.25, -0.2) is 13.0 Å². The van der Waals surface area contributed by atoms with E-state index in [0.717, 1.165) is 12.8 Å². The van der Waals surface area contributed by atoms with E-state index < -0.39 is 25.8 Å². The van der Waals surface area contributed by atoms with Crippen LogP contribution < -0.4 is 4.57 Å². The molecule has 0 amide bonds. The van der Waals surface area contributed by atoms with E-state index in [1.807, 2.05) is 25.2 Å². The fraction of sp³-hybridized carbons (Fsp3) is 0.438. The molecule has 0 aliphatic carbocycles. The summed E-state index contributed by atoms with van der Waals surface area (Å²) in [5, 5.41) is 0. The second kappa shape index (κ2) is 8.81. The van der Waals surface area contributed by atoms with Gasteiger partial charge in [-0.2, -0.15) is 25.9 Å². The smallest absolute Gasteiger partial charge is 0.485 e. The molecule has 0 saturated carbocycles. The van der Waals surface area contributed by atoms with E-state index in [1.54, 1.807) is 27.6 Å². The van der Waals surface area contributed by atoms with Crippen LogP contribution in [-0.2, 0) is 27.4 Å². The number of benzene rings is 1. The molecule has 3 rings (SSSR count). The summed E-state index contributed by atoms with van der Waals surface area (Å²) in [5.41, 5.74) is -4.34. The van der Waals surface area contributed by atoms with Gasteiger partial charge in [0.1, 0.15) is 12.4 Å². The van der Waals surface area contributed by atoms with Crippen LogP contribution in [0, 0.1) is 0 Å². The molecule has 0 spiro atoms. The van der Waals surface area contributed by atoms with Gasteiger partial charge in [0.2, 0.25) is 0 Å². The SMILES string of the molecule is C[n+]1ccn(S(=O)(=O)N2CCC(c3ccccc3)CC2)c1.O=S(=O)([O-])C(F)(F)F. The number of alkyl halides is 3. The lowest BCUT2D eigenvalue weighted by molar-refractivity contribution is -0.670. The van der Waals surface area contributed by atoms with E-state index in [2.05, 4.69) is 12.1 Å². The first-order valence-corrected chi connectivity index (χ1v) is 11.2. The molecular weight excluding hydrogens is 435 g/mol. The van der Waals surface area contributed by atoms with Crippen molar-refractivity contribution in [1.29, 1.82) is 0 Å². The Morgan fingerprint density at radius 1 is 1.07 bits per heavy atom. The third kappa shape index (κ3) is 6.01. The molecule has 0 unspecified atom stereocenters. The largest absolute Gasteiger partial charge is 0.741 e. The summed E-state index contributed by atoms with van der Waals surface area (Å²) in [4.78, 5) is 0. The number of hydrogen-bond acceptors (Lipinski definition) is 5. The lowest BCUT2D eigenvalue weighted by Crippen LogP contribution is -2.41. The maximum atomic E-state index is 12.5. The van der Waals surface area contributed by atoms with Crippen LogP contribution in [0.3, 0.4) is 0 Å². The molecule has 1 aliphatic heterocycles. The second-order valence-corrected chi connectivity index (χ2v) is 9.61. The second-order valence-electron chi connectivity index (χ2n) is 6.40. The zero-order valence-electron chi connectivity index (χ0n) is 15.4. The molecule has 8 nitrogen and oxygen atoms in total. The van der Waals surface area contributed by atoms with Crippen molar-refractivity contribution in [1.82, 2.24) is 8.28 Å². The Morgan fingerprint density at radius 3 is 2.00 bits per heavy atom. The molecule has 0 N–H and O–H groups in total. The van der Waals surface area contributed by atoms with Gasteiger partial charge in [0.05, 0.1) is 7.05 Å². The lowest BCUT2D eigenvalue weighted by atomic mass is 9.90. The Hall–Kier alpha value is -1.96. The highest BCUT2D eigenvalue weighted by atomic mass is 32.2. The number of halogens is 3. The number of imidazole rings is 1. The van der Waals surface area contributed by atoms with Gasteiger partial charge < -0.3 is 4.55 Å². The Labute approximate surface area is 167 Å². The first kappa shape index (κ1) is 23.3. The maximum absolute atomic E-state index is 12.5. The average Bonchev–Trinajstić information content (AvgIpc) is 3.09. The van der Waals surface area contributed by atoms with Crippen molar-refractivity contribution in [3.05, 3.63) is 54.6 Å². The molecule has 0 bridgehead atoms. The van der Waals surface area contributed by atoms with E-state index in [4.69, 9.17) is 13.0 Å². The minimum Gasteiger partial charge on any atom is -0.741 e. The van der Waals surface area contributed by atoms with Crippen molar-refractivity contribution in [3.8, 4) is 0 Å². The van der Waals surface area contributed by atoms with Crippen molar-refractivity contribution in [3.63, 3.8) is 0 Å². The van der Waals surface area contributed by atoms with Crippen molar-refractivity contribution in [2.75, 3.05) is 13.1 Å². The van der Waals surface area contributed by atoms with Crippen LogP contribution in [0.4, 0.5) is 13.2 Å². The molecule has 162 valence electrons. The average molecular weight is 455 g/mol. The number of rotatable bonds is 3. The molecule has 1 aliphatic rings. The highest BCUT2D eigenvalue weighted by molar-refractivity contribution is 7.87. The summed E-state index contributed by atoms with van der Waals surface area (Å²) in [7, 11) is -7.69. The van der Waals surface area contributed by atoms with E-state index >= 15 is 0 Å². The third-order valence-electron chi connectivity index (χ3n) is 4.35. The van der Waals surface area contributed by atoms with Crippen LogP contribution >= 0.6 is 0 Å². The van der Waals surface area contributed by atoms with Gasteiger partial charge in [-0.1, -0.05) is 30.3 Å². The molecule has 1 aromatic carbocycles. The normalized spacial score (nSPS) is 16.9. The van der Waals surface area contributed by atoms with Crippen LogP contribution in [0.2, 0.25) is 0 Å². The molecule has 29 heavy (non-hydrogen) atoms. The number of aryl methyl sites for hydroxylation is 1. The van der Waals surface area contributed by atoms with Crippen LogP contribution in [0.25, 0.3) is 0 Å². The summed E-state index contributed by atoms with van der Waals surface area (Å²) >= 11 is 0. The molecule has 1 saturated heterocycles. The maximum Gasteiger partial charge on any atom is 0.485 e. The van der Waals surface area contributed by atoms with Crippen LogP contribution in [0.5, 0.6) is 0 Å². The van der Waals surface area contributed by atoms with Crippen LogP contribution in [0.1, 0.15) is 24.3 Å². The van der Waals surface area contributed by atoms with Gasteiger partial charge in [-0.15, -0.1) is 3.97 Å². The van der Waals surface area contributed by atoms with Crippen molar-refractivity contribution in [2.24, 2.45) is 7.05 Å². The standard InChI is InChI=1S/C15H20N3O2S.CHF3O3S/c1-16-11-12-18(13-16)21(19,20)17-9-7-15(8-10-17)14-5-3-2-4-6-14;2-1(3,4)8(5,6)7/h2-6,11-13,15H,7-10H2,1H3;(H,5,6,7)/q+1;/p-1. The Morgan fingerprint density at radius 2 is 1.59 bits per heavy atom. The first-order valence-electron chi connectivity index (χ1n) is 8.43. The van der Waals surface area contributed by atoms with E-state index in [9.17, 15) is 21.6 Å². The quantitative estimate of drug-likeness (QED) is 0.395. The third-order valence-corrected chi connectivity index (χ3v) is 6.68. The summed E-state index contributed by atoms with van der Waals surface area (Å²) < 4.78 is 88.5. The topological polar surface area (TPSA) is 103 Å². The van der Waals surface area contributed by atoms with Gasteiger partial charge in [-0.05, 0) is 24.3 Å². The summed E-state index contributed by atoms with van der Waals surface area (Å²) in [6.45, 7) is 1.15. The first-order chi connectivity index (χ1) is 13.3. The monoisotopic (exact) mass is 455 g/mol. The molecule has 13 heteroatoms. The van der Waals surface area contributed by atoms with Gasteiger partial charge in [0.15, 0.2) is 10.1 Å². The molecule has 1 fully saturated rings. The predicted octanol–water partition coefficient (Wildman–Crippen LogP) is 1.34. The molecule has 1 aromatic heterocycles. The Kier molecular flexibility index (Phi) is 7.09. The molecule has 2 heterocycles. The lowest BCUT2D eigenvalue weighted by Gasteiger charge is -2.29. The fourth-order valence-electron chi connectivity index (χ4n) is 2.84. The van der Waals surface area contributed by atoms with Crippen LogP contribution in [-0.4, -0.2) is 48.3 Å². The minimum atomic E-state index is -6.09. The molecule has 0 radical (unpaired) electrons. The minimum absolute atomic E-state index is 0.457. The fourth-order valence-corrected chi connectivity index (χ4v) is 4.26. The van der Waals surface area contributed by atoms with Gasteiger partial charge in [0.25, 0.3) is 6.33 Å². The molecule has 0 atom stereocenters. The summed E-state index contributed by atoms with van der Waals surface area (Å²) in [6.07, 6.45) is 6.64. The summed E-state index contributed by atoms with van der Waals surface area (Å²) in [5.74, 6) is 0.457. The van der Waals surface area contributed by atoms with E-state index in [1.165, 1.54) is 9.54 Å². The predicted molar refractivity (Wildman–Crippen MR) is 95.7 cm³/mol. The summed E-state index contributed by atoms with van der Waals surface area (Å²) in [6, 6.07) is 10.3. The van der Waals surface area contributed by atoms with Crippen LogP contribution in [0.15, 0.2) is 49.1 Å². The van der Waals surface area contributed by atoms with E-state index in [0.29, 0.717) is 19.0 Å². The van der Waals surface area contributed by atoms with Gasteiger partial charge in [-0.3, -0.25) is 0 Å². The number of piperidine rings is 1. The van der Waals surface area contributed by atoms with Crippen molar-refractivity contribution >= 4 is 20.3 Å². The highest BCUT2D eigenvalue weighted by Crippen LogP contribution is 2.29. The molecule has 2 aromatic rings. The Bertz CT molecular complexity index is 1010. The number of nitrogens with zero attached hydrogens (tertiary/aromatic N) is 3. The van der Waals surface area contributed by atoms with Crippen molar-refractivity contribution in [2.45, 2.75) is 24.3 Å². The van der Waals surface area contributed by atoms with Gasteiger partial charge in [0, 0.05) is 13.1 Å². The Balaban J connectivity index is 0.000000321.